The second-order valence-electron chi connectivity index (χ2n) is 5.48. The van der Waals surface area contributed by atoms with E-state index in [9.17, 15) is 0 Å². The zero-order chi connectivity index (χ0) is 12.7. The minimum atomic E-state index is 0.609. The average molecular weight is 258 g/mol. The highest BCUT2D eigenvalue weighted by molar-refractivity contribution is 7.99. The van der Waals surface area contributed by atoms with Gasteiger partial charge >= 0.3 is 0 Å². The minimum Gasteiger partial charge on any atom is -0.313 e. The standard InChI is InChI=1S/C14H30N2S/c1-5-6-13(11-15-12(2)3)16-9-7-14(17-4)8-10-16/h12-15H,5-11H2,1-4H3. The molecule has 1 saturated heterocycles. The molecule has 1 unspecified atom stereocenters. The summed E-state index contributed by atoms with van der Waals surface area (Å²) in [6.07, 6.45) is 7.65. The van der Waals surface area contributed by atoms with Crippen LogP contribution in [-0.4, -0.2) is 48.1 Å². The van der Waals surface area contributed by atoms with Crippen molar-refractivity contribution >= 4 is 11.8 Å². The van der Waals surface area contributed by atoms with Crippen LogP contribution in [0.15, 0.2) is 0 Å². The quantitative estimate of drug-likeness (QED) is 0.756. The van der Waals surface area contributed by atoms with E-state index in [0.717, 1.165) is 17.8 Å². The molecule has 1 aliphatic heterocycles. The van der Waals surface area contributed by atoms with E-state index in [1.54, 1.807) is 0 Å². The number of nitrogens with zero attached hydrogens (tertiary/aromatic N) is 1. The molecule has 1 rings (SSSR count). The fourth-order valence-corrected chi connectivity index (χ4v) is 3.28. The monoisotopic (exact) mass is 258 g/mol. The van der Waals surface area contributed by atoms with Gasteiger partial charge in [0.1, 0.15) is 0 Å². The molecule has 0 amide bonds. The zero-order valence-corrected chi connectivity index (χ0v) is 12.9. The third kappa shape index (κ3) is 5.62. The molecular weight excluding hydrogens is 228 g/mol. The number of thioether (sulfide) groups is 1. The maximum atomic E-state index is 3.61. The number of rotatable bonds is 7. The van der Waals surface area contributed by atoms with Crippen LogP contribution in [0.5, 0.6) is 0 Å². The second kappa shape index (κ2) is 8.39. The summed E-state index contributed by atoms with van der Waals surface area (Å²) in [6.45, 7) is 10.5. The number of nitrogens with one attached hydrogen (secondary N) is 1. The van der Waals surface area contributed by atoms with Gasteiger partial charge in [-0.25, -0.2) is 0 Å². The maximum Gasteiger partial charge on any atom is 0.0220 e. The molecule has 1 heterocycles. The first kappa shape index (κ1) is 15.3. The van der Waals surface area contributed by atoms with Crippen molar-refractivity contribution in [3.05, 3.63) is 0 Å². The van der Waals surface area contributed by atoms with Crippen LogP contribution in [0.1, 0.15) is 46.5 Å². The normalized spacial score (nSPS) is 21.0. The summed E-state index contributed by atoms with van der Waals surface area (Å²) < 4.78 is 0. The van der Waals surface area contributed by atoms with E-state index >= 15 is 0 Å². The fraction of sp³-hybridized carbons (Fsp3) is 1.00. The first-order valence-electron chi connectivity index (χ1n) is 7.17. The van der Waals surface area contributed by atoms with E-state index in [-0.39, 0.29) is 0 Å². The molecule has 0 aliphatic carbocycles. The minimum absolute atomic E-state index is 0.609. The number of hydrogen-bond donors (Lipinski definition) is 1. The highest BCUT2D eigenvalue weighted by atomic mass is 32.2. The van der Waals surface area contributed by atoms with E-state index in [0.29, 0.717) is 6.04 Å². The van der Waals surface area contributed by atoms with Crippen LogP contribution >= 0.6 is 11.8 Å². The van der Waals surface area contributed by atoms with E-state index in [1.165, 1.54) is 38.8 Å². The van der Waals surface area contributed by atoms with Crippen molar-refractivity contribution in [3.63, 3.8) is 0 Å². The molecule has 0 aromatic rings. The Morgan fingerprint density at radius 2 is 1.94 bits per heavy atom. The highest BCUT2D eigenvalue weighted by Crippen LogP contribution is 2.23. The maximum absolute atomic E-state index is 3.61. The van der Waals surface area contributed by atoms with Crippen molar-refractivity contribution in [2.24, 2.45) is 0 Å². The Balaban J connectivity index is 2.36. The second-order valence-corrected chi connectivity index (χ2v) is 6.61. The van der Waals surface area contributed by atoms with Gasteiger partial charge in [0, 0.05) is 23.9 Å². The summed E-state index contributed by atoms with van der Waals surface area (Å²) >= 11 is 2.05. The molecule has 1 aliphatic rings. The smallest absolute Gasteiger partial charge is 0.0220 e. The average Bonchev–Trinajstić information content (AvgIpc) is 2.34. The fourth-order valence-electron chi connectivity index (χ4n) is 2.60. The molecule has 0 spiro atoms. The van der Waals surface area contributed by atoms with Gasteiger partial charge in [0.2, 0.25) is 0 Å². The van der Waals surface area contributed by atoms with Crippen LogP contribution < -0.4 is 5.32 Å². The topological polar surface area (TPSA) is 15.3 Å². The molecule has 17 heavy (non-hydrogen) atoms. The lowest BCUT2D eigenvalue weighted by Gasteiger charge is -2.37. The lowest BCUT2D eigenvalue weighted by atomic mass is 10.0. The number of piperidine rings is 1. The van der Waals surface area contributed by atoms with Gasteiger partial charge in [-0.2, -0.15) is 11.8 Å². The first-order valence-corrected chi connectivity index (χ1v) is 8.46. The Labute approximate surface area is 112 Å². The van der Waals surface area contributed by atoms with Crippen molar-refractivity contribution in [1.82, 2.24) is 10.2 Å². The van der Waals surface area contributed by atoms with Gasteiger partial charge < -0.3 is 5.32 Å². The molecule has 1 N–H and O–H groups in total. The molecule has 0 aromatic heterocycles. The predicted molar refractivity (Wildman–Crippen MR) is 79.9 cm³/mol. The molecule has 2 nitrogen and oxygen atoms in total. The lowest BCUT2D eigenvalue weighted by Crippen LogP contribution is -2.47. The molecular formula is C14H30N2S. The summed E-state index contributed by atoms with van der Waals surface area (Å²) in [6, 6.07) is 1.36. The molecule has 0 bridgehead atoms. The molecule has 0 saturated carbocycles. The number of likely N-dealkylation sites (tertiary alicyclic amines) is 1. The van der Waals surface area contributed by atoms with E-state index < -0.39 is 0 Å². The van der Waals surface area contributed by atoms with Crippen molar-refractivity contribution in [3.8, 4) is 0 Å². The lowest BCUT2D eigenvalue weighted by molar-refractivity contribution is 0.152. The van der Waals surface area contributed by atoms with Crippen molar-refractivity contribution in [2.75, 3.05) is 25.9 Å². The third-order valence-corrected chi connectivity index (χ3v) is 4.85. The van der Waals surface area contributed by atoms with Gasteiger partial charge in [-0.1, -0.05) is 27.2 Å². The molecule has 0 aromatic carbocycles. The van der Waals surface area contributed by atoms with Gasteiger partial charge in [-0.3, -0.25) is 4.90 Å². The largest absolute Gasteiger partial charge is 0.313 e. The van der Waals surface area contributed by atoms with Crippen LogP contribution in [0, 0.1) is 0 Å². The first-order chi connectivity index (χ1) is 8.17. The summed E-state index contributed by atoms with van der Waals surface area (Å²) in [5, 5.41) is 4.51. The van der Waals surface area contributed by atoms with Gasteiger partial charge in [0.15, 0.2) is 0 Å². The highest BCUT2D eigenvalue weighted by Gasteiger charge is 2.23. The zero-order valence-electron chi connectivity index (χ0n) is 12.0. The van der Waals surface area contributed by atoms with Crippen molar-refractivity contribution < 1.29 is 0 Å². The van der Waals surface area contributed by atoms with Crippen LogP contribution in [0.2, 0.25) is 0 Å². The van der Waals surface area contributed by atoms with Gasteiger partial charge in [-0.15, -0.1) is 0 Å². The molecule has 0 radical (unpaired) electrons. The van der Waals surface area contributed by atoms with E-state index in [1.807, 2.05) is 11.8 Å². The molecule has 1 atom stereocenters. The van der Waals surface area contributed by atoms with E-state index in [4.69, 9.17) is 0 Å². The van der Waals surface area contributed by atoms with Crippen molar-refractivity contribution in [2.45, 2.75) is 63.8 Å². The SMILES string of the molecule is CCCC(CNC(C)C)N1CCC(SC)CC1. The molecule has 1 fully saturated rings. The Morgan fingerprint density at radius 1 is 1.29 bits per heavy atom. The molecule has 102 valence electrons. The Bertz CT molecular complexity index is 189. The summed E-state index contributed by atoms with van der Waals surface area (Å²) in [5.74, 6) is 0. The number of hydrogen-bond acceptors (Lipinski definition) is 3. The molecule has 3 heteroatoms. The van der Waals surface area contributed by atoms with Crippen LogP contribution in [-0.2, 0) is 0 Å². The van der Waals surface area contributed by atoms with Crippen molar-refractivity contribution in [1.29, 1.82) is 0 Å². The Hall–Kier alpha value is 0.270. The third-order valence-electron chi connectivity index (χ3n) is 3.71. The van der Waals surface area contributed by atoms with Crippen LogP contribution in [0.25, 0.3) is 0 Å². The Morgan fingerprint density at radius 3 is 2.41 bits per heavy atom. The summed E-state index contributed by atoms with van der Waals surface area (Å²) in [7, 11) is 0. The van der Waals surface area contributed by atoms with Gasteiger partial charge in [-0.05, 0) is 38.6 Å². The Kier molecular flexibility index (Phi) is 7.56. The van der Waals surface area contributed by atoms with Crippen LogP contribution in [0.3, 0.4) is 0 Å². The van der Waals surface area contributed by atoms with E-state index in [2.05, 4.69) is 37.2 Å². The summed E-state index contributed by atoms with van der Waals surface area (Å²) in [5.41, 5.74) is 0. The predicted octanol–water partition coefficient (Wildman–Crippen LogP) is 2.98. The van der Waals surface area contributed by atoms with Crippen LogP contribution in [0.4, 0.5) is 0 Å². The van der Waals surface area contributed by atoms with Gasteiger partial charge in [0.05, 0.1) is 0 Å². The summed E-state index contributed by atoms with van der Waals surface area (Å²) in [4.78, 5) is 2.71. The van der Waals surface area contributed by atoms with Gasteiger partial charge in [0.25, 0.3) is 0 Å².